The van der Waals surface area contributed by atoms with E-state index in [1.54, 1.807) is 18.2 Å². The van der Waals surface area contributed by atoms with Crippen LogP contribution < -0.4 is 5.73 Å². The number of nitrogens with two attached hydrogens (primary N) is 1. The zero-order valence-corrected chi connectivity index (χ0v) is 12.6. The van der Waals surface area contributed by atoms with E-state index in [1.165, 1.54) is 5.56 Å². The molecule has 0 spiro atoms. The molecule has 0 radical (unpaired) electrons. The van der Waals surface area contributed by atoms with E-state index in [-0.39, 0.29) is 5.97 Å². The Bertz CT molecular complexity index is 584. The molecule has 2 aromatic rings. The number of anilines is 1. The van der Waals surface area contributed by atoms with Crippen LogP contribution >= 0.6 is 15.9 Å². The van der Waals surface area contributed by atoms with Crippen molar-refractivity contribution in [1.82, 2.24) is 0 Å². The van der Waals surface area contributed by atoms with Crippen molar-refractivity contribution in [2.75, 3.05) is 12.3 Å². The maximum atomic E-state index is 11.8. The van der Waals surface area contributed by atoms with Crippen LogP contribution in [0.15, 0.2) is 53.0 Å². The van der Waals surface area contributed by atoms with Crippen LogP contribution in [0.1, 0.15) is 22.3 Å². The van der Waals surface area contributed by atoms with Gasteiger partial charge < -0.3 is 10.5 Å². The highest BCUT2D eigenvalue weighted by atomic mass is 79.9. The molecule has 3 nitrogen and oxygen atoms in total. The van der Waals surface area contributed by atoms with E-state index >= 15 is 0 Å². The third-order valence-electron chi connectivity index (χ3n) is 2.92. The van der Waals surface area contributed by atoms with Crippen LogP contribution in [0.5, 0.6) is 0 Å². The molecule has 20 heavy (non-hydrogen) atoms. The summed E-state index contributed by atoms with van der Waals surface area (Å²) in [5, 5.41) is 0. The number of carbonyl (C=O) groups is 1. The Labute approximate surface area is 126 Å². The molecule has 104 valence electrons. The Morgan fingerprint density at radius 2 is 1.90 bits per heavy atom. The molecule has 4 heteroatoms. The average Bonchev–Trinajstić information content (AvgIpc) is 2.47. The van der Waals surface area contributed by atoms with E-state index in [9.17, 15) is 4.79 Å². The van der Waals surface area contributed by atoms with E-state index < -0.39 is 0 Å². The minimum atomic E-state index is -0.321. The third-order valence-corrected chi connectivity index (χ3v) is 3.61. The zero-order valence-electron chi connectivity index (χ0n) is 11.0. The minimum Gasteiger partial charge on any atom is -0.462 e. The maximum absolute atomic E-state index is 11.8. The summed E-state index contributed by atoms with van der Waals surface area (Å²) in [6.45, 7) is 0.412. The first-order valence-corrected chi connectivity index (χ1v) is 7.22. The van der Waals surface area contributed by atoms with Crippen molar-refractivity contribution in [3.63, 3.8) is 0 Å². The highest BCUT2D eigenvalue weighted by molar-refractivity contribution is 9.10. The predicted molar refractivity (Wildman–Crippen MR) is 83.6 cm³/mol. The lowest BCUT2D eigenvalue weighted by Gasteiger charge is -2.06. The molecule has 2 aromatic carbocycles. The Morgan fingerprint density at radius 1 is 1.15 bits per heavy atom. The predicted octanol–water partition coefficient (Wildman–Crippen LogP) is 3.82. The minimum absolute atomic E-state index is 0.321. The summed E-state index contributed by atoms with van der Waals surface area (Å²) in [5.41, 5.74) is 8.03. The largest absolute Gasteiger partial charge is 0.462 e. The second-order valence-electron chi connectivity index (χ2n) is 4.46. The standard InChI is InChI=1S/C16H16BrNO2/c17-14-11-13(8-9-15(14)18)16(19)20-10-4-7-12-5-2-1-3-6-12/h1-3,5-6,8-9,11H,4,7,10,18H2. The summed E-state index contributed by atoms with van der Waals surface area (Å²) in [6.07, 6.45) is 1.71. The summed E-state index contributed by atoms with van der Waals surface area (Å²) in [5.74, 6) is -0.321. The van der Waals surface area contributed by atoms with Gasteiger partial charge in [0.05, 0.1) is 12.2 Å². The van der Waals surface area contributed by atoms with Gasteiger partial charge in [-0.1, -0.05) is 30.3 Å². The number of halogens is 1. The molecular weight excluding hydrogens is 318 g/mol. The molecule has 0 atom stereocenters. The normalized spacial score (nSPS) is 10.2. The van der Waals surface area contributed by atoms with Gasteiger partial charge in [0.2, 0.25) is 0 Å². The lowest BCUT2D eigenvalue weighted by Crippen LogP contribution is -2.07. The second-order valence-corrected chi connectivity index (χ2v) is 5.32. The molecule has 0 saturated carbocycles. The van der Waals surface area contributed by atoms with Crippen LogP contribution in [-0.2, 0) is 11.2 Å². The number of hydrogen-bond acceptors (Lipinski definition) is 3. The zero-order chi connectivity index (χ0) is 14.4. The van der Waals surface area contributed by atoms with E-state index in [0.29, 0.717) is 22.3 Å². The molecule has 0 aliphatic rings. The SMILES string of the molecule is Nc1ccc(C(=O)OCCCc2ccccc2)cc1Br. The van der Waals surface area contributed by atoms with Gasteiger partial charge >= 0.3 is 5.97 Å². The van der Waals surface area contributed by atoms with Crippen LogP contribution in [0.2, 0.25) is 0 Å². The summed E-state index contributed by atoms with van der Waals surface area (Å²) in [7, 11) is 0. The van der Waals surface area contributed by atoms with Gasteiger partial charge in [-0.15, -0.1) is 0 Å². The number of ether oxygens (including phenoxy) is 1. The molecule has 2 N–H and O–H groups in total. The number of carbonyl (C=O) groups excluding carboxylic acids is 1. The van der Waals surface area contributed by atoms with Crippen molar-refractivity contribution >= 4 is 27.6 Å². The molecule has 0 saturated heterocycles. The highest BCUT2D eigenvalue weighted by Gasteiger charge is 2.08. The lowest BCUT2D eigenvalue weighted by atomic mass is 10.1. The van der Waals surface area contributed by atoms with Crippen molar-refractivity contribution < 1.29 is 9.53 Å². The Balaban J connectivity index is 1.79. The first-order valence-electron chi connectivity index (χ1n) is 6.43. The van der Waals surface area contributed by atoms with E-state index in [4.69, 9.17) is 10.5 Å². The van der Waals surface area contributed by atoms with Gasteiger partial charge in [0.1, 0.15) is 0 Å². The fourth-order valence-electron chi connectivity index (χ4n) is 1.82. The van der Waals surface area contributed by atoms with Crippen molar-refractivity contribution in [2.45, 2.75) is 12.8 Å². The Kier molecular flexibility index (Phi) is 5.18. The van der Waals surface area contributed by atoms with Crippen molar-refractivity contribution in [1.29, 1.82) is 0 Å². The molecule has 0 amide bonds. The van der Waals surface area contributed by atoms with E-state index in [1.807, 2.05) is 18.2 Å². The lowest BCUT2D eigenvalue weighted by molar-refractivity contribution is 0.0500. The first-order chi connectivity index (χ1) is 9.66. The molecular formula is C16H16BrNO2. The summed E-state index contributed by atoms with van der Waals surface area (Å²) >= 11 is 3.29. The molecule has 0 fully saturated rings. The van der Waals surface area contributed by atoms with Crippen molar-refractivity contribution in [3.05, 3.63) is 64.1 Å². The smallest absolute Gasteiger partial charge is 0.338 e. The molecule has 0 unspecified atom stereocenters. The molecule has 0 bridgehead atoms. The van der Waals surface area contributed by atoms with Crippen LogP contribution in [-0.4, -0.2) is 12.6 Å². The molecule has 0 aromatic heterocycles. The number of rotatable bonds is 5. The molecule has 0 aliphatic heterocycles. The van der Waals surface area contributed by atoms with Gasteiger partial charge in [0.25, 0.3) is 0 Å². The van der Waals surface area contributed by atoms with Gasteiger partial charge in [-0.05, 0) is 52.5 Å². The van der Waals surface area contributed by atoms with Crippen LogP contribution in [0.25, 0.3) is 0 Å². The van der Waals surface area contributed by atoms with Crippen molar-refractivity contribution in [2.24, 2.45) is 0 Å². The van der Waals surface area contributed by atoms with Gasteiger partial charge in [0, 0.05) is 10.2 Å². The summed E-state index contributed by atoms with van der Waals surface area (Å²) in [4.78, 5) is 11.8. The van der Waals surface area contributed by atoms with Gasteiger partial charge in [-0.25, -0.2) is 4.79 Å². The van der Waals surface area contributed by atoms with E-state index in [0.717, 1.165) is 12.8 Å². The molecule has 2 rings (SSSR count). The molecule has 0 aliphatic carbocycles. The number of hydrogen-bond donors (Lipinski definition) is 1. The van der Waals surface area contributed by atoms with Crippen molar-refractivity contribution in [3.8, 4) is 0 Å². The summed E-state index contributed by atoms with van der Waals surface area (Å²) < 4.78 is 5.95. The van der Waals surface area contributed by atoms with E-state index in [2.05, 4.69) is 28.1 Å². The first kappa shape index (κ1) is 14.6. The second kappa shape index (κ2) is 7.10. The van der Waals surface area contributed by atoms with Crippen LogP contribution in [0.4, 0.5) is 5.69 Å². The number of nitrogen functional groups attached to an aromatic ring is 1. The van der Waals surface area contributed by atoms with Crippen LogP contribution in [0, 0.1) is 0 Å². The molecule has 0 heterocycles. The fraction of sp³-hybridized carbons (Fsp3) is 0.188. The third kappa shape index (κ3) is 4.10. The van der Waals surface area contributed by atoms with Gasteiger partial charge in [-0.3, -0.25) is 0 Å². The summed E-state index contributed by atoms with van der Waals surface area (Å²) in [6, 6.07) is 15.2. The average molecular weight is 334 g/mol. The monoisotopic (exact) mass is 333 g/mol. The van der Waals surface area contributed by atoms with Crippen LogP contribution in [0.3, 0.4) is 0 Å². The quantitative estimate of drug-likeness (QED) is 0.514. The van der Waals surface area contributed by atoms with Gasteiger partial charge in [-0.2, -0.15) is 0 Å². The Morgan fingerprint density at radius 3 is 2.60 bits per heavy atom. The number of benzene rings is 2. The number of esters is 1. The van der Waals surface area contributed by atoms with Gasteiger partial charge in [0.15, 0.2) is 0 Å². The highest BCUT2D eigenvalue weighted by Crippen LogP contribution is 2.20. The Hall–Kier alpha value is -1.81. The maximum Gasteiger partial charge on any atom is 0.338 e. The topological polar surface area (TPSA) is 52.3 Å². The fourth-order valence-corrected chi connectivity index (χ4v) is 2.20. The number of aryl methyl sites for hydroxylation is 1.